The molecule has 4 heteroatoms. The number of hydrogen-bond donors (Lipinski definition) is 1. The normalized spacial score (nSPS) is 20.7. The summed E-state index contributed by atoms with van der Waals surface area (Å²) in [6.07, 6.45) is 1.79. The topological polar surface area (TPSA) is 46.2 Å². The quantitative estimate of drug-likeness (QED) is 0.844. The van der Waals surface area contributed by atoms with Crippen molar-refractivity contribution in [1.29, 1.82) is 0 Å². The van der Waals surface area contributed by atoms with E-state index in [-0.39, 0.29) is 17.7 Å². The Kier molecular flexibility index (Phi) is 3.39. The van der Waals surface area contributed by atoms with Crippen molar-refractivity contribution in [3.63, 3.8) is 0 Å². The highest BCUT2D eigenvalue weighted by atomic mass is 79.9. The second-order valence-corrected chi connectivity index (χ2v) is 4.90. The van der Waals surface area contributed by atoms with Gasteiger partial charge in [0.15, 0.2) is 0 Å². The van der Waals surface area contributed by atoms with Crippen LogP contribution in [0.25, 0.3) is 0 Å². The summed E-state index contributed by atoms with van der Waals surface area (Å²) in [5, 5.41) is 2.37. The highest BCUT2D eigenvalue weighted by molar-refractivity contribution is 9.10. The van der Waals surface area contributed by atoms with Gasteiger partial charge in [-0.3, -0.25) is 14.9 Å². The number of amides is 2. The molecule has 1 aromatic carbocycles. The van der Waals surface area contributed by atoms with Crippen LogP contribution < -0.4 is 5.32 Å². The van der Waals surface area contributed by atoms with Gasteiger partial charge in [-0.15, -0.1) is 0 Å². The highest BCUT2D eigenvalue weighted by Crippen LogP contribution is 2.20. The van der Waals surface area contributed by atoms with Crippen LogP contribution in [0.4, 0.5) is 0 Å². The Morgan fingerprint density at radius 1 is 1.38 bits per heavy atom. The van der Waals surface area contributed by atoms with Gasteiger partial charge in [0.1, 0.15) is 0 Å². The molecule has 1 aromatic rings. The minimum absolute atomic E-state index is 0.0769. The number of rotatable bonds is 2. The molecule has 3 nitrogen and oxygen atoms in total. The van der Waals surface area contributed by atoms with E-state index in [4.69, 9.17) is 0 Å². The summed E-state index contributed by atoms with van der Waals surface area (Å²) in [4.78, 5) is 22.5. The fraction of sp³-hybridized carbons (Fsp3) is 0.333. The molecule has 2 rings (SSSR count). The summed E-state index contributed by atoms with van der Waals surface area (Å²) in [6, 6.07) is 7.90. The van der Waals surface area contributed by atoms with Crippen LogP contribution in [-0.4, -0.2) is 11.8 Å². The lowest BCUT2D eigenvalue weighted by Gasteiger charge is -2.20. The maximum Gasteiger partial charge on any atom is 0.230 e. The van der Waals surface area contributed by atoms with Crippen molar-refractivity contribution in [1.82, 2.24) is 5.32 Å². The molecule has 84 valence electrons. The molecule has 0 radical (unpaired) electrons. The second-order valence-electron chi connectivity index (χ2n) is 3.98. The predicted molar refractivity (Wildman–Crippen MR) is 63.7 cm³/mol. The van der Waals surface area contributed by atoms with E-state index in [2.05, 4.69) is 21.2 Å². The molecule has 1 unspecified atom stereocenters. The van der Waals surface area contributed by atoms with Crippen LogP contribution in [0.5, 0.6) is 0 Å². The lowest BCUT2D eigenvalue weighted by atomic mass is 9.91. The SMILES string of the molecule is O=C1CCC(Cc2cccc(Br)c2)C(=O)N1. The van der Waals surface area contributed by atoms with Crippen LogP contribution in [0.2, 0.25) is 0 Å². The molecular weight excluding hydrogens is 270 g/mol. The summed E-state index contributed by atoms with van der Waals surface area (Å²) in [7, 11) is 0. The van der Waals surface area contributed by atoms with E-state index in [0.717, 1.165) is 10.0 Å². The Balaban J connectivity index is 2.05. The fourth-order valence-electron chi connectivity index (χ4n) is 1.88. The number of carbonyl (C=O) groups excluding carboxylic acids is 2. The number of halogens is 1. The number of piperidine rings is 1. The lowest BCUT2D eigenvalue weighted by molar-refractivity contribution is -0.136. The van der Waals surface area contributed by atoms with Gasteiger partial charge in [0.25, 0.3) is 0 Å². The van der Waals surface area contributed by atoms with Gasteiger partial charge in [0.2, 0.25) is 11.8 Å². The minimum Gasteiger partial charge on any atom is -0.296 e. The average molecular weight is 282 g/mol. The number of imide groups is 1. The molecule has 1 aliphatic rings. The minimum atomic E-state index is -0.157. The van der Waals surface area contributed by atoms with Crippen molar-refractivity contribution in [2.45, 2.75) is 19.3 Å². The molecule has 0 spiro atoms. The third-order valence-corrected chi connectivity index (χ3v) is 3.22. The summed E-state index contributed by atoms with van der Waals surface area (Å²) in [5.74, 6) is -0.376. The van der Waals surface area contributed by atoms with Gasteiger partial charge in [0.05, 0.1) is 0 Å². The molecule has 0 saturated carbocycles. The third-order valence-electron chi connectivity index (χ3n) is 2.72. The van der Waals surface area contributed by atoms with Gasteiger partial charge in [-0.2, -0.15) is 0 Å². The Morgan fingerprint density at radius 3 is 2.88 bits per heavy atom. The number of nitrogens with one attached hydrogen (secondary N) is 1. The van der Waals surface area contributed by atoms with Gasteiger partial charge >= 0.3 is 0 Å². The Morgan fingerprint density at radius 2 is 2.19 bits per heavy atom. The van der Waals surface area contributed by atoms with Crippen LogP contribution in [0.1, 0.15) is 18.4 Å². The molecule has 0 bridgehead atoms. The van der Waals surface area contributed by atoms with Crippen LogP contribution in [-0.2, 0) is 16.0 Å². The molecule has 1 saturated heterocycles. The molecule has 1 fully saturated rings. The number of benzene rings is 1. The van der Waals surface area contributed by atoms with Gasteiger partial charge in [0, 0.05) is 16.8 Å². The first-order valence-electron chi connectivity index (χ1n) is 5.23. The smallest absolute Gasteiger partial charge is 0.230 e. The van der Waals surface area contributed by atoms with E-state index < -0.39 is 0 Å². The average Bonchev–Trinajstić information content (AvgIpc) is 2.22. The summed E-state index contributed by atoms with van der Waals surface area (Å²) < 4.78 is 1.01. The van der Waals surface area contributed by atoms with Gasteiger partial charge in [-0.25, -0.2) is 0 Å². The molecule has 0 aromatic heterocycles. The van der Waals surface area contributed by atoms with E-state index in [9.17, 15) is 9.59 Å². The summed E-state index contributed by atoms with van der Waals surface area (Å²) >= 11 is 3.40. The zero-order chi connectivity index (χ0) is 11.5. The van der Waals surface area contributed by atoms with E-state index >= 15 is 0 Å². The summed E-state index contributed by atoms with van der Waals surface area (Å²) in [6.45, 7) is 0. The largest absolute Gasteiger partial charge is 0.296 e. The Labute approximate surface area is 102 Å². The number of hydrogen-bond acceptors (Lipinski definition) is 2. The van der Waals surface area contributed by atoms with Gasteiger partial charge in [-0.05, 0) is 30.5 Å². The first-order valence-corrected chi connectivity index (χ1v) is 6.02. The maximum absolute atomic E-state index is 11.6. The molecule has 1 heterocycles. The van der Waals surface area contributed by atoms with Crippen LogP contribution in [0, 0.1) is 5.92 Å². The monoisotopic (exact) mass is 281 g/mol. The van der Waals surface area contributed by atoms with Crippen molar-refractivity contribution < 1.29 is 9.59 Å². The van der Waals surface area contributed by atoms with Gasteiger partial charge in [-0.1, -0.05) is 28.1 Å². The fourth-order valence-corrected chi connectivity index (χ4v) is 2.33. The first-order chi connectivity index (χ1) is 7.65. The van der Waals surface area contributed by atoms with E-state index in [0.29, 0.717) is 19.3 Å². The van der Waals surface area contributed by atoms with Crippen molar-refractivity contribution in [2.24, 2.45) is 5.92 Å². The third kappa shape index (κ3) is 2.70. The van der Waals surface area contributed by atoms with Crippen molar-refractivity contribution in [2.75, 3.05) is 0 Å². The van der Waals surface area contributed by atoms with E-state index in [1.165, 1.54) is 0 Å². The summed E-state index contributed by atoms with van der Waals surface area (Å²) in [5.41, 5.74) is 1.11. The first kappa shape index (κ1) is 11.3. The van der Waals surface area contributed by atoms with Crippen molar-refractivity contribution >= 4 is 27.7 Å². The van der Waals surface area contributed by atoms with Crippen molar-refractivity contribution in [3.8, 4) is 0 Å². The molecule has 2 amide bonds. The lowest BCUT2D eigenvalue weighted by Crippen LogP contribution is -2.41. The Bertz CT molecular complexity index is 431. The molecule has 0 aliphatic carbocycles. The molecule has 1 atom stereocenters. The van der Waals surface area contributed by atoms with Crippen molar-refractivity contribution in [3.05, 3.63) is 34.3 Å². The van der Waals surface area contributed by atoms with Crippen LogP contribution in [0.15, 0.2) is 28.7 Å². The zero-order valence-electron chi connectivity index (χ0n) is 8.70. The van der Waals surface area contributed by atoms with Crippen LogP contribution in [0.3, 0.4) is 0 Å². The zero-order valence-corrected chi connectivity index (χ0v) is 10.3. The maximum atomic E-state index is 11.6. The van der Waals surface area contributed by atoms with Crippen LogP contribution >= 0.6 is 15.9 Å². The van der Waals surface area contributed by atoms with E-state index in [1.54, 1.807) is 0 Å². The number of carbonyl (C=O) groups is 2. The molecular formula is C12H12BrNO2. The predicted octanol–water partition coefficient (Wildman–Crippen LogP) is 2.04. The standard InChI is InChI=1S/C12H12BrNO2/c13-10-3-1-2-8(7-10)6-9-4-5-11(15)14-12(9)16/h1-3,7,9H,4-6H2,(H,14,15,16). The highest BCUT2D eigenvalue weighted by Gasteiger charge is 2.26. The molecule has 1 N–H and O–H groups in total. The van der Waals surface area contributed by atoms with E-state index in [1.807, 2.05) is 24.3 Å². The van der Waals surface area contributed by atoms with Gasteiger partial charge < -0.3 is 0 Å². The molecule has 16 heavy (non-hydrogen) atoms. The molecule has 1 aliphatic heterocycles. The Hall–Kier alpha value is -1.16. The second kappa shape index (κ2) is 4.78.